The number of nitrogens with two attached hydrogens (primary N) is 1. The predicted molar refractivity (Wildman–Crippen MR) is 76.8 cm³/mol. The van der Waals surface area contributed by atoms with Crippen LogP contribution in [-0.4, -0.2) is 23.1 Å². The summed E-state index contributed by atoms with van der Waals surface area (Å²) in [5.74, 6) is 0. The molecular formula is C13H18N3OP. The monoisotopic (exact) mass is 263 g/mol. The minimum Gasteiger partial charge on any atom is -0.398 e. The van der Waals surface area contributed by atoms with Gasteiger partial charge >= 0.3 is 0 Å². The standard InChI is InChI=1S/C13H18N3OP/c1-4-16-9-11(8-15-16)10-5-6-12(14)13(7-10)18(2,3)17/h5-9H,4,14H2,1-3H3. The number of aromatic nitrogens is 2. The fraction of sp³-hybridized carbons (Fsp3) is 0.308. The van der Waals surface area contributed by atoms with Crippen LogP contribution < -0.4 is 11.0 Å². The number of anilines is 1. The third-order valence-electron chi connectivity index (χ3n) is 2.90. The van der Waals surface area contributed by atoms with Crippen LogP contribution in [0.1, 0.15) is 6.92 Å². The van der Waals surface area contributed by atoms with Crippen LogP contribution in [-0.2, 0) is 11.1 Å². The number of hydrogen-bond acceptors (Lipinski definition) is 3. The molecule has 0 saturated heterocycles. The number of nitrogens with zero attached hydrogens (tertiary/aromatic N) is 2. The van der Waals surface area contributed by atoms with Crippen molar-refractivity contribution in [1.82, 2.24) is 9.78 Å². The Morgan fingerprint density at radius 3 is 2.61 bits per heavy atom. The van der Waals surface area contributed by atoms with Crippen LogP contribution in [0.2, 0.25) is 0 Å². The highest BCUT2D eigenvalue weighted by Gasteiger charge is 2.16. The molecular weight excluding hydrogens is 245 g/mol. The molecule has 0 amide bonds. The van der Waals surface area contributed by atoms with Crippen molar-refractivity contribution in [2.24, 2.45) is 0 Å². The molecule has 0 aliphatic rings. The molecule has 4 nitrogen and oxygen atoms in total. The molecule has 18 heavy (non-hydrogen) atoms. The summed E-state index contributed by atoms with van der Waals surface area (Å²) in [6.45, 7) is 6.34. The lowest BCUT2D eigenvalue weighted by Gasteiger charge is -2.11. The Hall–Kier alpha value is -1.54. The van der Waals surface area contributed by atoms with Gasteiger partial charge in [0.05, 0.1) is 6.20 Å². The molecule has 2 N–H and O–H groups in total. The van der Waals surface area contributed by atoms with E-state index in [-0.39, 0.29) is 0 Å². The quantitative estimate of drug-likeness (QED) is 0.683. The van der Waals surface area contributed by atoms with Crippen LogP contribution in [0.4, 0.5) is 5.69 Å². The molecule has 1 aromatic carbocycles. The molecule has 2 rings (SSSR count). The third-order valence-corrected chi connectivity index (χ3v) is 4.45. The fourth-order valence-corrected chi connectivity index (χ4v) is 3.02. The molecule has 0 saturated carbocycles. The maximum absolute atomic E-state index is 12.2. The summed E-state index contributed by atoms with van der Waals surface area (Å²) < 4.78 is 14.0. The summed E-state index contributed by atoms with van der Waals surface area (Å²) in [6, 6.07) is 5.66. The number of hydrogen-bond donors (Lipinski definition) is 1. The smallest absolute Gasteiger partial charge is 0.111 e. The van der Waals surface area contributed by atoms with Crippen LogP contribution in [0.5, 0.6) is 0 Å². The van der Waals surface area contributed by atoms with Crippen LogP contribution in [0.15, 0.2) is 30.6 Å². The zero-order valence-electron chi connectivity index (χ0n) is 10.9. The summed E-state index contributed by atoms with van der Waals surface area (Å²) in [4.78, 5) is 0. The fourth-order valence-electron chi connectivity index (χ4n) is 1.88. The van der Waals surface area contributed by atoms with Gasteiger partial charge in [-0.25, -0.2) is 0 Å². The van der Waals surface area contributed by atoms with E-state index in [4.69, 9.17) is 5.73 Å². The average Bonchev–Trinajstić information content (AvgIpc) is 2.76. The number of aryl methyl sites for hydroxylation is 1. The summed E-state index contributed by atoms with van der Waals surface area (Å²) >= 11 is 0. The Morgan fingerprint density at radius 1 is 1.33 bits per heavy atom. The van der Waals surface area contributed by atoms with Gasteiger partial charge in [-0.05, 0) is 37.9 Å². The van der Waals surface area contributed by atoms with E-state index in [1.54, 1.807) is 13.3 Å². The lowest BCUT2D eigenvalue weighted by Crippen LogP contribution is -2.09. The second kappa shape index (κ2) is 4.62. The third kappa shape index (κ3) is 2.49. The number of benzene rings is 1. The highest BCUT2D eigenvalue weighted by molar-refractivity contribution is 7.70. The van der Waals surface area contributed by atoms with E-state index in [0.29, 0.717) is 5.69 Å². The topological polar surface area (TPSA) is 60.9 Å². The van der Waals surface area contributed by atoms with Gasteiger partial charge in [0.1, 0.15) is 7.14 Å². The van der Waals surface area contributed by atoms with Crippen LogP contribution in [0, 0.1) is 0 Å². The Kier molecular flexibility index (Phi) is 3.31. The number of rotatable bonds is 3. The van der Waals surface area contributed by atoms with E-state index < -0.39 is 7.14 Å². The van der Waals surface area contributed by atoms with E-state index in [9.17, 15) is 4.57 Å². The first kappa shape index (κ1) is 12.9. The summed E-state index contributed by atoms with van der Waals surface area (Å²) in [5.41, 5.74) is 8.51. The first-order valence-corrected chi connectivity index (χ1v) is 8.50. The van der Waals surface area contributed by atoms with E-state index in [1.165, 1.54) is 0 Å². The maximum atomic E-state index is 12.2. The van der Waals surface area contributed by atoms with Crippen molar-refractivity contribution in [3.8, 4) is 11.1 Å². The molecule has 0 aliphatic heterocycles. The molecule has 0 aliphatic carbocycles. The van der Waals surface area contributed by atoms with Crippen LogP contribution >= 0.6 is 7.14 Å². The first-order valence-electron chi connectivity index (χ1n) is 5.89. The molecule has 1 aromatic heterocycles. The van der Waals surface area contributed by atoms with E-state index in [0.717, 1.165) is 23.0 Å². The van der Waals surface area contributed by atoms with Crippen molar-refractivity contribution in [3.05, 3.63) is 30.6 Å². The van der Waals surface area contributed by atoms with Gasteiger partial charge in [-0.3, -0.25) is 4.68 Å². The minimum atomic E-state index is -2.36. The molecule has 0 unspecified atom stereocenters. The van der Waals surface area contributed by atoms with Crippen molar-refractivity contribution in [3.63, 3.8) is 0 Å². The molecule has 1 heterocycles. The van der Waals surface area contributed by atoms with Crippen molar-refractivity contribution < 1.29 is 4.57 Å². The molecule has 0 fully saturated rings. The van der Waals surface area contributed by atoms with Crippen molar-refractivity contribution >= 4 is 18.1 Å². The van der Waals surface area contributed by atoms with Gasteiger partial charge in [0.25, 0.3) is 0 Å². The van der Waals surface area contributed by atoms with Gasteiger partial charge in [-0.15, -0.1) is 0 Å². The Bertz CT molecular complexity index is 612. The van der Waals surface area contributed by atoms with Gasteiger partial charge in [0.15, 0.2) is 0 Å². The normalized spacial score (nSPS) is 11.7. The summed E-state index contributed by atoms with van der Waals surface area (Å²) in [5, 5.41) is 4.98. The van der Waals surface area contributed by atoms with E-state index in [1.807, 2.05) is 42.2 Å². The Morgan fingerprint density at radius 2 is 2.06 bits per heavy atom. The molecule has 96 valence electrons. The van der Waals surface area contributed by atoms with Crippen LogP contribution in [0.25, 0.3) is 11.1 Å². The van der Waals surface area contributed by atoms with Gasteiger partial charge in [-0.1, -0.05) is 6.07 Å². The maximum Gasteiger partial charge on any atom is 0.111 e. The van der Waals surface area contributed by atoms with E-state index >= 15 is 0 Å². The largest absolute Gasteiger partial charge is 0.398 e. The second-order valence-corrected chi connectivity index (χ2v) is 7.89. The van der Waals surface area contributed by atoms with Gasteiger partial charge in [-0.2, -0.15) is 5.10 Å². The lowest BCUT2D eigenvalue weighted by atomic mass is 10.1. The van der Waals surface area contributed by atoms with Crippen molar-refractivity contribution in [1.29, 1.82) is 0 Å². The van der Waals surface area contributed by atoms with Crippen molar-refractivity contribution in [2.75, 3.05) is 19.1 Å². The van der Waals surface area contributed by atoms with Gasteiger partial charge in [0.2, 0.25) is 0 Å². The zero-order valence-corrected chi connectivity index (χ0v) is 11.8. The Labute approximate surface area is 107 Å². The lowest BCUT2D eigenvalue weighted by molar-refractivity contribution is 0.588. The Balaban J connectivity index is 2.50. The summed E-state index contributed by atoms with van der Waals surface area (Å²) in [7, 11) is -2.36. The van der Waals surface area contributed by atoms with Gasteiger partial charge in [0, 0.05) is 29.3 Å². The average molecular weight is 263 g/mol. The SMILES string of the molecule is CCn1cc(-c2ccc(N)c(P(C)(C)=O)c2)cn1. The predicted octanol–water partition coefficient (Wildman–Crippen LogP) is 2.40. The summed E-state index contributed by atoms with van der Waals surface area (Å²) in [6.07, 6.45) is 3.79. The highest BCUT2D eigenvalue weighted by Crippen LogP contribution is 2.38. The van der Waals surface area contributed by atoms with Crippen LogP contribution in [0.3, 0.4) is 0 Å². The molecule has 0 spiro atoms. The molecule has 2 aromatic rings. The second-order valence-electron chi connectivity index (χ2n) is 4.71. The van der Waals surface area contributed by atoms with Crippen molar-refractivity contribution in [2.45, 2.75) is 13.5 Å². The molecule has 0 radical (unpaired) electrons. The highest BCUT2D eigenvalue weighted by atomic mass is 31.2. The first-order chi connectivity index (χ1) is 8.41. The van der Waals surface area contributed by atoms with E-state index in [2.05, 4.69) is 5.10 Å². The zero-order chi connectivity index (χ0) is 13.3. The molecule has 0 bridgehead atoms. The molecule has 5 heteroatoms. The molecule has 0 atom stereocenters. The van der Waals surface area contributed by atoms with Gasteiger partial charge < -0.3 is 10.3 Å². The minimum absolute atomic E-state index is 0.593. The number of nitrogen functional groups attached to an aromatic ring is 1.